The summed E-state index contributed by atoms with van der Waals surface area (Å²) in [4.78, 5) is 12.1. The predicted molar refractivity (Wildman–Crippen MR) is 100 cm³/mol. The highest BCUT2D eigenvalue weighted by molar-refractivity contribution is 7.89. The molecule has 0 aromatic heterocycles. The topological polar surface area (TPSA) is 66.5 Å². The van der Waals surface area contributed by atoms with Crippen molar-refractivity contribution < 1.29 is 17.6 Å². The molecule has 0 radical (unpaired) electrons. The summed E-state index contributed by atoms with van der Waals surface area (Å²) in [5.41, 5.74) is 0.973. The monoisotopic (exact) mass is 398 g/mol. The lowest BCUT2D eigenvalue weighted by Gasteiger charge is -2.19. The van der Waals surface area contributed by atoms with Gasteiger partial charge in [0.25, 0.3) is 0 Å². The summed E-state index contributed by atoms with van der Waals surface area (Å²) in [5.74, 6) is -0.719. The molecule has 0 heterocycles. The predicted octanol–water partition coefficient (Wildman–Crippen LogP) is 3.69. The van der Waals surface area contributed by atoms with Gasteiger partial charge in [-0.25, -0.2) is 12.8 Å². The molecule has 26 heavy (non-hydrogen) atoms. The van der Waals surface area contributed by atoms with Gasteiger partial charge in [0.2, 0.25) is 15.9 Å². The van der Waals surface area contributed by atoms with Crippen molar-refractivity contribution in [2.24, 2.45) is 0 Å². The highest BCUT2D eigenvalue weighted by Crippen LogP contribution is 2.27. The van der Waals surface area contributed by atoms with Crippen LogP contribution in [0.4, 0.5) is 10.1 Å². The number of nitrogens with one attached hydrogen (secondary N) is 1. The molecule has 0 aliphatic heterocycles. The number of anilines is 1. The van der Waals surface area contributed by atoms with E-state index < -0.39 is 10.0 Å². The Bertz CT molecular complexity index is 882. The van der Waals surface area contributed by atoms with E-state index >= 15 is 0 Å². The van der Waals surface area contributed by atoms with Gasteiger partial charge in [0.1, 0.15) is 10.7 Å². The zero-order valence-electron chi connectivity index (χ0n) is 14.5. The first-order valence-electron chi connectivity index (χ1n) is 8.12. The van der Waals surface area contributed by atoms with E-state index in [1.165, 1.54) is 46.8 Å². The fraction of sp³-hybridized carbons (Fsp3) is 0.278. The number of carbonyl (C=O) groups is 1. The fourth-order valence-electron chi connectivity index (χ4n) is 2.47. The van der Waals surface area contributed by atoms with Crippen LogP contribution in [-0.4, -0.2) is 31.7 Å². The number of benzene rings is 2. The minimum absolute atomic E-state index is 0.0427. The standard InChI is InChI=1S/C18H20ClFN2O3S/c1-3-22(4-2)26(24,25)17-12-15(9-10-16(17)19)21-18(23)11-13-5-7-14(20)8-6-13/h5-10,12H,3-4,11H2,1-2H3,(H,21,23). The maximum Gasteiger partial charge on any atom is 0.244 e. The van der Waals surface area contributed by atoms with E-state index in [0.29, 0.717) is 24.3 Å². The third-order valence-electron chi connectivity index (χ3n) is 3.82. The second kappa shape index (κ2) is 8.62. The van der Waals surface area contributed by atoms with E-state index in [0.717, 1.165) is 0 Å². The van der Waals surface area contributed by atoms with E-state index in [2.05, 4.69) is 5.32 Å². The fourth-order valence-corrected chi connectivity index (χ4v) is 4.43. The molecule has 0 fully saturated rings. The summed E-state index contributed by atoms with van der Waals surface area (Å²) in [6.07, 6.45) is 0.0427. The average Bonchev–Trinajstić information content (AvgIpc) is 2.59. The highest BCUT2D eigenvalue weighted by Gasteiger charge is 2.24. The average molecular weight is 399 g/mol. The molecule has 0 aliphatic rings. The van der Waals surface area contributed by atoms with E-state index in [1.54, 1.807) is 13.8 Å². The van der Waals surface area contributed by atoms with Crippen LogP contribution in [0.5, 0.6) is 0 Å². The molecule has 0 aliphatic carbocycles. The first kappa shape index (κ1) is 20.4. The largest absolute Gasteiger partial charge is 0.326 e. The lowest BCUT2D eigenvalue weighted by atomic mass is 10.1. The van der Waals surface area contributed by atoms with Crippen molar-refractivity contribution in [1.29, 1.82) is 0 Å². The Labute approximate surface area is 157 Å². The van der Waals surface area contributed by atoms with Crippen LogP contribution >= 0.6 is 11.6 Å². The van der Waals surface area contributed by atoms with E-state index in [9.17, 15) is 17.6 Å². The minimum Gasteiger partial charge on any atom is -0.326 e. The number of hydrogen-bond acceptors (Lipinski definition) is 3. The first-order chi connectivity index (χ1) is 12.3. The van der Waals surface area contributed by atoms with Gasteiger partial charge < -0.3 is 5.32 Å². The summed E-state index contributed by atoms with van der Waals surface area (Å²) < 4.78 is 39.5. The second-order valence-electron chi connectivity index (χ2n) is 5.59. The summed E-state index contributed by atoms with van der Waals surface area (Å²) in [6.45, 7) is 4.11. The van der Waals surface area contributed by atoms with Crippen LogP contribution in [0.1, 0.15) is 19.4 Å². The lowest BCUT2D eigenvalue weighted by molar-refractivity contribution is -0.115. The molecule has 0 spiro atoms. The maximum absolute atomic E-state index is 12.9. The van der Waals surface area contributed by atoms with Crippen molar-refractivity contribution in [1.82, 2.24) is 4.31 Å². The van der Waals surface area contributed by atoms with E-state index in [4.69, 9.17) is 11.6 Å². The Morgan fingerprint density at radius 2 is 1.73 bits per heavy atom. The Hall–Kier alpha value is -1.96. The number of hydrogen-bond donors (Lipinski definition) is 1. The number of amides is 1. The van der Waals surface area contributed by atoms with Crippen molar-refractivity contribution in [3.63, 3.8) is 0 Å². The van der Waals surface area contributed by atoms with E-state index in [-0.39, 0.29) is 28.1 Å². The van der Waals surface area contributed by atoms with Crippen LogP contribution in [0.2, 0.25) is 5.02 Å². The van der Waals surface area contributed by atoms with Crippen LogP contribution in [0.3, 0.4) is 0 Å². The molecule has 5 nitrogen and oxygen atoms in total. The summed E-state index contributed by atoms with van der Waals surface area (Å²) in [6, 6.07) is 9.91. The molecule has 1 amide bonds. The molecular formula is C18H20ClFN2O3S. The first-order valence-corrected chi connectivity index (χ1v) is 9.93. The SMILES string of the molecule is CCN(CC)S(=O)(=O)c1cc(NC(=O)Cc2ccc(F)cc2)ccc1Cl. The number of nitrogens with zero attached hydrogens (tertiary/aromatic N) is 1. The molecule has 1 N–H and O–H groups in total. The van der Waals surface area contributed by atoms with Gasteiger partial charge in [0, 0.05) is 18.8 Å². The van der Waals surface area contributed by atoms with Gasteiger partial charge in [-0.15, -0.1) is 0 Å². The Morgan fingerprint density at radius 1 is 1.12 bits per heavy atom. The maximum atomic E-state index is 12.9. The van der Waals surface area contributed by atoms with Crippen molar-refractivity contribution in [2.45, 2.75) is 25.2 Å². The number of halogens is 2. The van der Waals surface area contributed by atoms with Gasteiger partial charge in [-0.2, -0.15) is 4.31 Å². The van der Waals surface area contributed by atoms with Crippen molar-refractivity contribution in [3.05, 3.63) is 58.9 Å². The smallest absolute Gasteiger partial charge is 0.244 e. The van der Waals surface area contributed by atoms with Crippen LogP contribution < -0.4 is 5.32 Å². The Morgan fingerprint density at radius 3 is 2.31 bits per heavy atom. The Balaban J connectivity index is 2.21. The molecule has 2 rings (SSSR count). The van der Waals surface area contributed by atoms with Crippen LogP contribution in [0, 0.1) is 5.82 Å². The van der Waals surface area contributed by atoms with Crippen molar-refractivity contribution >= 4 is 33.2 Å². The third kappa shape index (κ3) is 4.81. The summed E-state index contributed by atoms with van der Waals surface area (Å²) in [5, 5.41) is 2.74. The number of rotatable bonds is 7. The van der Waals surface area contributed by atoms with Crippen LogP contribution in [0.25, 0.3) is 0 Å². The molecule has 0 saturated heterocycles. The van der Waals surface area contributed by atoms with Gasteiger partial charge in [0.15, 0.2) is 0 Å². The highest BCUT2D eigenvalue weighted by atomic mass is 35.5. The van der Waals surface area contributed by atoms with Crippen molar-refractivity contribution in [3.8, 4) is 0 Å². The molecule has 2 aromatic rings. The van der Waals surface area contributed by atoms with Crippen LogP contribution in [0.15, 0.2) is 47.4 Å². The van der Waals surface area contributed by atoms with Crippen molar-refractivity contribution in [2.75, 3.05) is 18.4 Å². The molecule has 0 unspecified atom stereocenters. The second-order valence-corrected chi connectivity index (χ2v) is 7.90. The van der Waals surface area contributed by atoms with Gasteiger partial charge in [-0.05, 0) is 35.9 Å². The quantitative estimate of drug-likeness (QED) is 0.773. The summed E-state index contributed by atoms with van der Waals surface area (Å²) >= 11 is 6.07. The van der Waals surface area contributed by atoms with Crippen LogP contribution in [-0.2, 0) is 21.2 Å². The van der Waals surface area contributed by atoms with Gasteiger partial charge in [-0.1, -0.05) is 37.6 Å². The minimum atomic E-state index is -3.75. The third-order valence-corrected chi connectivity index (χ3v) is 6.35. The zero-order chi connectivity index (χ0) is 19.3. The van der Waals surface area contributed by atoms with Gasteiger partial charge in [-0.3, -0.25) is 4.79 Å². The van der Waals surface area contributed by atoms with Gasteiger partial charge in [0.05, 0.1) is 11.4 Å². The number of carbonyl (C=O) groups excluding carboxylic acids is 1. The van der Waals surface area contributed by atoms with E-state index in [1.807, 2.05) is 0 Å². The zero-order valence-corrected chi connectivity index (χ0v) is 16.1. The summed E-state index contributed by atoms with van der Waals surface area (Å²) in [7, 11) is -3.75. The lowest BCUT2D eigenvalue weighted by Crippen LogP contribution is -2.30. The normalized spacial score (nSPS) is 11.6. The Kier molecular flexibility index (Phi) is 6.75. The molecule has 140 valence electrons. The van der Waals surface area contributed by atoms with Gasteiger partial charge >= 0.3 is 0 Å². The molecule has 2 aromatic carbocycles. The number of sulfonamides is 1. The molecule has 0 atom stereocenters. The molecule has 0 bridgehead atoms. The molecule has 0 saturated carbocycles. The molecule has 8 heteroatoms. The molecular weight excluding hydrogens is 379 g/mol.